The van der Waals surface area contributed by atoms with Gasteiger partial charge in [0.2, 0.25) is 0 Å². The largest absolute Gasteiger partial charge is 0.416 e. The van der Waals surface area contributed by atoms with Crippen LogP contribution in [0.1, 0.15) is 5.56 Å². The van der Waals surface area contributed by atoms with E-state index >= 15 is 0 Å². The number of halogens is 3. The summed E-state index contributed by atoms with van der Waals surface area (Å²) < 4.78 is 38.2. The molecule has 0 radical (unpaired) electrons. The maximum atomic E-state index is 12.7. The van der Waals surface area contributed by atoms with E-state index in [1.54, 1.807) is 0 Å². The smallest absolute Gasteiger partial charge is 0.166 e. The summed E-state index contributed by atoms with van der Waals surface area (Å²) in [4.78, 5) is 0. The zero-order chi connectivity index (χ0) is 12.5. The van der Waals surface area contributed by atoms with Gasteiger partial charge in [-0.1, -0.05) is 43.0 Å². The van der Waals surface area contributed by atoms with E-state index in [1.165, 1.54) is 6.08 Å². The number of benzene rings is 1. The van der Waals surface area contributed by atoms with Gasteiger partial charge in [-0.05, 0) is 29.2 Å². The van der Waals surface area contributed by atoms with E-state index in [1.807, 2.05) is 30.3 Å². The second-order valence-electron chi connectivity index (χ2n) is 3.91. The van der Waals surface area contributed by atoms with Gasteiger partial charge in [0.05, 0.1) is 5.57 Å². The Bertz CT molecular complexity index is 490. The van der Waals surface area contributed by atoms with Gasteiger partial charge in [0.15, 0.2) is 0 Å². The molecule has 0 aromatic heterocycles. The van der Waals surface area contributed by atoms with Crippen LogP contribution in [0.2, 0.25) is 0 Å². The molecule has 0 nitrogen and oxygen atoms in total. The molecule has 0 saturated carbocycles. The van der Waals surface area contributed by atoms with Gasteiger partial charge in [-0.25, -0.2) is 0 Å². The molecule has 0 bridgehead atoms. The normalized spacial score (nSPS) is 15.8. The number of rotatable bonds is 2. The Balaban J connectivity index is 2.33. The Morgan fingerprint density at radius 2 is 1.65 bits per heavy atom. The van der Waals surface area contributed by atoms with E-state index in [0.717, 1.165) is 11.6 Å². The van der Waals surface area contributed by atoms with Gasteiger partial charge in [0.1, 0.15) is 0 Å². The molecule has 1 aliphatic carbocycles. The minimum Gasteiger partial charge on any atom is -0.166 e. The summed E-state index contributed by atoms with van der Waals surface area (Å²) in [6.45, 7) is 3.65. The van der Waals surface area contributed by atoms with Crippen LogP contribution in [-0.2, 0) is 6.42 Å². The van der Waals surface area contributed by atoms with Crippen molar-refractivity contribution in [3.05, 3.63) is 71.3 Å². The van der Waals surface area contributed by atoms with Crippen LogP contribution >= 0.6 is 0 Å². The van der Waals surface area contributed by atoms with Gasteiger partial charge in [0.25, 0.3) is 0 Å². The molecule has 1 aromatic rings. The second-order valence-corrected chi connectivity index (χ2v) is 3.91. The van der Waals surface area contributed by atoms with Crippen LogP contribution < -0.4 is 0 Å². The van der Waals surface area contributed by atoms with Crippen molar-refractivity contribution < 1.29 is 13.2 Å². The van der Waals surface area contributed by atoms with Gasteiger partial charge in [-0.3, -0.25) is 0 Å². The fourth-order valence-electron chi connectivity index (χ4n) is 1.83. The van der Waals surface area contributed by atoms with E-state index in [9.17, 15) is 13.2 Å². The van der Waals surface area contributed by atoms with Crippen LogP contribution in [-0.4, -0.2) is 6.18 Å². The van der Waals surface area contributed by atoms with Crippen molar-refractivity contribution in [2.75, 3.05) is 0 Å². The maximum Gasteiger partial charge on any atom is 0.416 e. The van der Waals surface area contributed by atoms with Crippen molar-refractivity contribution in [1.82, 2.24) is 0 Å². The summed E-state index contributed by atoms with van der Waals surface area (Å²) in [7, 11) is 0. The van der Waals surface area contributed by atoms with Gasteiger partial charge in [-0.2, -0.15) is 13.2 Å². The summed E-state index contributed by atoms with van der Waals surface area (Å²) in [5, 5.41) is 0. The fourth-order valence-corrected chi connectivity index (χ4v) is 1.83. The van der Waals surface area contributed by atoms with Crippen LogP contribution in [0.15, 0.2) is 65.8 Å². The molecule has 0 saturated heterocycles. The molecule has 0 N–H and O–H groups in total. The highest BCUT2D eigenvalue weighted by molar-refractivity contribution is 5.55. The average Bonchev–Trinajstić information content (AvgIpc) is 2.62. The van der Waals surface area contributed by atoms with E-state index in [4.69, 9.17) is 0 Å². The van der Waals surface area contributed by atoms with Crippen LogP contribution in [0, 0.1) is 0 Å². The zero-order valence-electron chi connectivity index (χ0n) is 9.09. The molecule has 2 rings (SSSR count). The van der Waals surface area contributed by atoms with Crippen molar-refractivity contribution >= 4 is 0 Å². The number of hydrogen-bond acceptors (Lipinski definition) is 0. The molecule has 3 heteroatoms. The minimum absolute atomic E-state index is 0.265. The van der Waals surface area contributed by atoms with Crippen LogP contribution in [0.5, 0.6) is 0 Å². The molecule has 0 spiro atoms. The van der Waals surface area contributed by atoms with E-state index < -0.39 is 11.7 Å². The third-order valence-electron chi connectivity index (χ3n) is 2.69. The molecular weight excluding hydrogens is 225 g/mol. The second kappa shape index (κ2) is 4.24. The molecule has 0 fully saturated rings. The average molecular weight is 236 g/mol. The summed E-state index contributed by atoms with van der Waals surface area (Å²) in [5.41, 5.74) is 0.991. The highest BCUT2D eigenvalue weighted by Gasteiger charge is 2.36. The molecule has 1 aromatic carbocycles. The molecule has 0 aliphatic heterocycles. The number of alkyl halides is 3. The van der Waals surface area contributed by atoms with Crippen molar-refractivity contribution in [3.8, 4) is 0 Å². The molecule has 0 amide bonds. The van der Waals surface area contributed by atoms with Crippen molar-refractivity contribution in [1.29, 1.82) is 0 Å². The molecular formula is C14H11F3. The summed E-state index contributed by atoms with van der Waals surface area (Å²) in [5.74, 6) is 0. The monoisotopic (exact) mass is 236 g/mol. The minimum atomic E-state index is -4.31. The predicted molar refractivity (Wildman–Crippen MR) is 61.5 cm³/mol. The first-order chi connectivity index (χ1) is 7.98. The van der Waals surface area contributed by atoms with Gasteiger partial charge in [-0.15, -0.1) is 0 Å². The lowest BCUT2D eigenvalue weighted by atomic mass is 9.98. The molecule has 88 valence electrons. The first-order valence-corrected chi connectivity index (χ1v) is 5.20. The van der Waals surface area contributed by atoms with Crippen molar-refractivity contribution in [2.45, 2.75) is 12.6 Å². The van der Waals surface area contributed by atoms with Gasteiger partial charge < -0.3 is 0 Å². The molecule has 17 heavy (non-hydrogen) atoms. The molecule has 0 heterocycles. The molecule has 1 aliphatic rings. The highest BCUT2D eigenvalue weighted by Crippen LogP contribution is 2.37. The first-order valence-electron chi connectivity index (χ1n) is 5.20. The topological polar surface area (TPSA) is 0 Å². The van der Waals surface area contributed by atoms with Crippen LogP contribution in [0.4, 0.5) is 13.2 Å². The standard InChI is InChI=1S/C14H11F3/c1-10-7-8-13(14(15,16)17)12(10)9-11-5-3-2-4-6-11/h2-8H,1,9H2. The fraction of sp³-hybridized carbons (Fsp3) is 0.143. The Morgan fingerprint density at radius 1 is 1.00 bits per heavy atom. The number of allylic oxidation sites excluding steroid dienone is 5. The highest BCUT2D eigenvalue weighted by atomic mass is 19.4. The van der Waals surface area contributed by atoms with Crippen molar-refractivity contribution in [2.24, 2.45) is 0 Å². The zero-order valence-corrected chi connectivity index (χ0v) is 9.09. The lowest BCUT2D eigenvalue weighted by molar-refractivity contribution is -0.0886. The summed E-state index contributed by atoms with van der Waals surface area (Å²) in [6, 6.07) is 9.09. The van der Waals surface area contributed by atoms with Crippen LogP contribution in [0.3, 0.4) is 0 Å². The third kappa shape index (κ3) is 2.49. The van der Waals surface area contributed by atoms with E-state index in [-0.39, 0.29) is 12.0 Å². The predicted octanol–water partition coefficient (Wildman–Crippen LogP) is 4.21. The SMILES string of the molecule is C=C1C=CC(C(F)(F)F)=C1Cc1ccccc1. The third-order valence-corrected chi connectivity index (χ3v) is 2.69. The summed E-state index contributed by atoms with van der Waals surface area (Å²) >= 11 is 0. The maximum absolute atomic E-state index is 12.7. The quantitative estimate of drug-likeness (QED) is 0.721. The Labute approximate surface area is 97.8 Å². The Kier molecular flexibility index (Phi) is 2.92. The Hall–Kier alpha value is -1.77. The first kappa shape index (κ1) is 11.7. The number of hydrogen-bond donors (Lipinski definition) is 0. The lowest BCUT2D eigenvalue weighted by Crippen LogP contribution is -2.12. The van der Waals surface area contributed by atoms with Gasteiger partial charge >= 0.3 is 6.18 Å². The Morgan fingerprint density at radius 3 is 2.24 bits per heavy atom. The lowest BCUT2D eigenvalue weighted by Gasteiger charge is -2.11. The molecule has 0 unspecified atom stereocenters. The van der Waals surface area contributed by atoms with Gasteiger partial charge in [0, 0.05) is 0 Å². The van der Waals surface area contributed by atoms with E-state index in [2.05, 4.69) is 6.58 Å². The summed E-state index contributed by atoms with van der Waals surface area (Å²) in [6.07, 6.45) is -1.52. The van der Waals surface area contributed by atoms with E-state index in [0.29, 0.717) is 5.57 Å². The van der Waals surface area contributed by atoms with Crippen molar-refractivity contribution in [3.63, 3.8) is 0 Å². The van der Waals surface area contributed by atoms with Crippen LogP contribution in [0.25, 0.3) is 0 Å². The molecule has 0 atom stereocenters.